The summed E-state index contributed by atoms with van der Waals surface area (Å²) in [5.74, 6) is 0.475. The van der Waals surface area contributed by atoms with E-state index in [1.54, 1.807) is 0 Å². The second-order valence-corrected chi connectivity index (χ2v) is 4.79. The molecule has 16 heavy (non-hydrogen) atoms. The predicted octanol–water partition coefficient (Wildman–Crippen LogP) is 1.98. The highest BCUT2D eigenvalue weighted by Crippen LogP contribution is 2.54. The van der Waals surface area contributed by atoms with Crippen LogP contribution in [-0.2, 0) is 16.6 Å². The van der Waals surface area contributed by atoms with Crippen molar-refractivity contribution in [3.05, 3.63) is 29.3 Å². The Balaban J connectivity index is 2.04. The maximum atomic E-state index is 11.2. The third kappa shape index (κ3) is 1.10. The van der Waals surface area contributed by atoms with Gasteiger partial charge in [-0.2, -0.15) is 5.26 Å². The molecule has 2 aliphatic rings. The van der Waals surface area contributed by atoms with Crippen molar-refractivity contribution in [2.75, 3.05) is 5.32 Å². The molecule has 3 heteroatoms. The lowest BCUT2D eigenvalue weighted by molar-refractivity contribution is -0.115. The molecule has 1 fully saturated rings. The molecule has 80 valence electrons. The number of nitrogens with one attached hydrogen (secondary N) is 1. The van der Waals surface area contributed by atoms with Crippen LogP contribution in [0.15, 0.2) is 18.2 Å². The minimum atomic E-state index is -0.291. The van der Waals surface area contributed by atoms with Crippen molar-refractivity contribution in [1.82, 2.24) is 0 Å². The van der Waals surface area contributed by atoms with Crippen molar-refractivity contribution >= 4 is 11.6 Å². The van der Waals surface area contributed by atoms with E-state index in [-0.39, 0.29) is 11.3 Å². The molecular formula is C13H12N2O. The molecule has 0 saturated heterocycles. The molecule has 0 spiro atoms. The summed E-state index contributed by atoms with van der Waals surface area (Å²) in [4.78, 5) is 11.2. The normalized spacial score (nSPS) is 30.5. The SMILES string of the molecule is CC1CC1(C#N)c1ccc2c(c1)CC(=O)N2. The van der Waals surface area contributed by atoms with Crippen molar-refractivity contribution in [1.29, 1.82) is 5.26 Å². The van der Waals surface area contributed by atoms with E-state index in [1.807, 2.05) is 18.2 Å². The Hall–Kier alpha value is -1.82. The third-order valence-corrected chi connectivity index (χ3v) is 3.75. The first-order valence-corrected chi connectivity index (χ1v) is 5.50. The van der Waals surface area contributed by atoms with Gasteiger partial charge in [0.15, 0.2) is 0 Å². The van der Waals surface area contributed by atoms with Crippen molar-refractivity contribution in [3.8, 4) is 6.07 Å². The number of nitrogens with zero attached hydrogens (tertiary/aromatic N) is 1. The molecule has 0 radical (unpaired) electrons. The monoisotopic (exact) mass is 212 g/mol. The maximum absolute atomic E-state index is 11.2. The zero-order valence-corrected chi connectivity index (χ0v) is 9.08. The van der Waals surface area contributed by atoms with Gasteiger partial charge in [-0.1, -0.05) is 19.1 Å². The van der Waals surface area contributed by atoms with Gasteiger partial charge in [-0.05, 0) is 29.5 Å². The number of fused-ring (bicyclic) bond motifs is 1. The number of anilines is 1. The van der Waals surface area contributed by atoms with E-state index in [2.05, 4.69) is 18.3 Å². The lowest BCUT2D eigenvalue weighted by atomic mass is 9.93. The zero-order valence-electron chi connectivity index (χ0n) is 9.08. The Kier molecular flexibility index (Phi) is 1.68. The lowest BCUT2D eigenvalue weighted by Gasteiger charge is -2.09. The summed E-state index contributed by atoms with van der Waals surface area (Å²) in [5.41, 5.74) is 2.70. The quantitative estimate of drug-likeness (QED) is 0.773. The van der Waals surface area contributed by atoms with Gasteiger partial charge in [0.05, 0.1) is 17.9 Å². The Bertz CT molecular complexity index is 529. The molecule has 1 aliphatic heterocycles. The zero-order chi connectivity index (χ0) is 11.3. The molecule has 1 aromatic rings. The Labute approximate surface area is 94.1 Å². The second kappa shape index (κ2) is 2.85. The van der Waals surface area contributed by atoms with Gasteiger partial charge in [0.2, 0.25) is 5.91 Å². The first-order valence-electron chi connectivity index (χ1n) is 5.50. The number of nitriles is 1. The summed E-state index contributed by atoms with van der Waals surface area (Å²) in [5, 5.41) is 12.1. The molecule has 1 heterocycles. The number of rotatable bonds is 1. The highest BCUT2D eigenvalue weighted by molar-refractivity contribution is 5.99. The van der Waals surface area contributed by atoms with E-state index < -0.39 is 0 Å². The van der Waals surface area contributed by atoms with E-state index in [0.29, 0.717) is 12.3 Å². The average Bonchev–Trinajstić information content (AvgIpc) is 2.79. The van der Waals surface area contributed by atoms with E-state index in [0.717, 1.165) is 23.2 Å². The second-order valence-electron chi connectivity index (χ2n) is 4.79. The van der Waals surface area contributed by atoms with Crippen molar-refractivity contribution in [2.45, 2.75) is 25.2 Å². The van der Waals surface area contributed by atoms with Gasteiger partial charge in [0.25, 0.3) is 0 Å². The van der Waals surface area contributed by atoms with Crippen LogP contribution in [0.25, 0.3) is 0 Å². The predicted molar refractivity (Wildman–Crippen MR) is 59.8 cm³/mol. The summed E-state index contributed by atoms with van der Waals surface area (Å²) in [6.07, 6.45) is 1.38. The largest absolute Gasteiger partial charge is 0.326 e. The number of amides is 1. The van der Waals surface area contributed by atoms with E-state index in [9.17, 15) is 10.1 Å². The Morgan fingerprint density at radius 3 is 2.94 bits per heavy atom. The highest BCUT2D eigenvalue weighted by Gasteiger charge is 2.53. The standard InChI is InChI=1S/C13H12N2O/c1-8-6-13(8,7-14)10-2-3-11-9(4-10)5-12(16)15-11/h2-4,8H,5-6H2,1H3,(H,15,16). The van der Waals surface area contributed by atoms with Gasteiger partial charge in [-0.15, -0.1) is 0 Å². The van der Waals surface area contributed by atoms with E-state index in [1.165, 1.54) is 0 Å². The molecule has 1 saturated carbocycles. The van der Waals surface area contributed by atoms with Crippen LogP contribution in [0, 0.1) is 17.2 Å². The third-order valence-electron chi connectivity index (χ3n) is 3.75. The number of hydrogen-bond donors (Lipinski definition) is 1. The van der Waals surface area contributed by atoms with Crippen LogP contribution in [0.4, 0.5) is 5.69 Å². The van der Waals surface area contributed by atoms with E-state index in [4.69, 9.17) is 0 Å². The smallest absolute Gasteiger partial charge is 0.228 e. The summed E-state index contributed by atoms with van der Waals surface area (Å²) < 4.78 is 0. The summed E-state index contributed by atoms with van der Waals surface area (Å²) >= 11 is 0. The number of carbonyl (C=O) groups excluding carboxylic acids is 1. The van der Waals surface area contributed by atoms with Crippen LogP contribution in [0.2, 0.25) is 0 Å². The minimum Gasteiger partial charge on any atom is -0.326 e. The molecule has 0 aromatic heterocycles. The summed E-state index contributed by atoms with van der Waals surface area (Å²) in [6, 6.07) is 8.32. The molecular weight excluding hydrogens is 200 g/mol. The van der Waals surface area contributed by atoms with Gasteiger partial charge in [-0.25, -0.2) is 0 Å². The average molecular weight is 212 g/mol. The highest BCUT2D eigenvalue weighted by atomic mass is 16.1. The topological polar surface area (TPSA) is 52.9 Å². The fourth-order valence-corrected chi connectivity index (χ4v) is 2.55. The molecule has 3 nitrogen and oxygen atoms in total. The molecule has 1 aliphatic carbocycles. The van der Waals surface area contributed by atoms with Crippen LogP contribution in [-0.4, -0.2) is 5.91 Å². The molecule has 0 bridgehead atoms. The Morgan fingerprint density at radius 2 is 2.31 bits per heavy atom. The molecule has 2 unspecified atom stereocenters. The number of carbonyl (C=O) groups is 1. The molecule has 1 N–H and O–H groups in total. The van der Waals surface area contributed by atoms with Crippen LogP contribution < -0.4 is 5.32 Å². The van der Waals surface area contributed by atoms with Crippen LogP contribution in [0.3, 0.4) is 0 Å². The van der Waals surface area contributed by atoms with Crippen LogP contribution in [0.5, 0.6) is 0 Å². The number of benzene rings is 1. The molecule has 3 rings (SSSR count). The lowest BCUT2D eigenvalue weighted by Crippen LogP contribution is -2.06. The van der Waals surface area contributed by atoms with Gasteiger partial charge < -0.3 is 5.32 Å². The van der Waals surface area contributed by atoms with Crippen LogP contribution >= 0.6 is 0 Å². The molecule has 1 amide bonds. The summed E-state index contributed by atoms with van der Waals surface area (Å²) in [6.45, 7) is 2.10. The van der Waals surface area contributed by atoms with Crippen molar-refractivity contribution < 1.29 is 4.79 Å². The van der Waals surface area contributed by atoms with E-state index >= 15 is 0 Å². The maximum Gasteiger partial charge on any atom is 0.228 e. The molecule has 1 aromatic carbocycles. The number of hydrogen-bond acceptors (Lipinski definition) is 2. The minimum absolute atomic E-state index is 0.0435. The Morgan fingerprint density at radius 1 is 1.56 bits per heavy atom. The molecule has 2 atom stereocenters. The summed E-state index contributed by atoms with van der Waals surface area (Å²) in [7, 11) is 0. The first-order chi connectivity index (χ1) is 7.65. The first kappa shape index (κ1) is 9.41. The van der Waals surface area contributed by atoms with Gasteiger partial charge in [0, 0.05) is 5.69 Å². The fourth-order valence-electron chi connectivity index (χ4n) is 2.55. The van der Waals surface area contributed by atoms with Gasteiger partial charge in [0.1, 0.15) is 0 Å². The fraction of sp³-hybridized carbons (Fsp3) is 0.385. The van der Waals surface area contributed by atoms with Gasteiger partial charge in [-0.3, -0.25) is 4.79 Å². The van der Waals surface area contributed by atoms with Crippen LogP contribution in [0.1, 0.15) is 24.5 Å². The van der Waals surface area contributed by atoms with Crippen molar-refractivity contribution in [2.24, 2.45) is 5.92 Å². The van der Waals surface area contributed by atoms with Gasteiger partial charge >= 0.3 is 0 Å². The van der Waals surface area contributed by atoms with Crippen molar-refractivity contribution in [3.63, 3.8) is 0 Å².